The number of hydrogen-bond donors (Lipinski definition) is 3. The van der Waals surface area contributed by atoms with Crippen LogP contribution in [0.15, 0.2) is 83.1 Å². The third kappa shape index (κ3) is 6.37. The van der Waals surface area contributed by atoms with Crippen LogP contribution in [-0.2, 0) is 16.0 Å². The molecule has 0 saturated heterocycles. The predicted octanol–water partition coefficient (Wildman–Crippen LogP) is 2.77. The number of non-ortho nitro benzene ring substituents is 1. The fourth-order valence-corrected chi connectivity index (χ4v) is 2.93. The maximum Gasteiger partial charge on any atom is 0.326 e. The molecule has 0 fully saturated rings. The van der Waals surface area contributed by atoms with E-state index in [1.54, 1.807) is 30.3 Å². The van der Waals surface area contributed by atoms with Gasteiger partial charge in [0.15, 0.2) is 5.76 Å². The monoisotopic (exact) mass is 449 g/mol. The summed E-state index contributed by atoms with van der Waals surface area (Å²) in [4.78, 5) is 47.6. The zero-order valence-electron chi connectivity index (χ0n) is 17.1. The maximum absolute atomic E-state index is 13.0. The smallest absolute Gasteiger partial charge is 0.326 e. The Hall–Kier alpha value is -4.73. The van der Waals surface area contributed by atoms with Crippen LogP contribution in [0.3, 0.4) is 0 Å². The van der Waals surface area contributed by atoms with E-state index in [0.717, 1.165) is 0 Å². The predicted molar refractivity (Wildman–Crippen MR) is 117 cm³/mol. The molecule has 2 aromatic carbocycles. The van der Waals surface area contributed by atoms with Crippen LogP contribution in [-0.4, -0.2) is 33.9 Å². The Morgan fingerprint density at radius 3 is 2.45 bits per heavy atom. The second kappa shape index (κ2) is 10.5. The van der Waals surface area contributed by atoms with Gasteiger partial charge in [-0.25, -0.2) is 4.79 Å². The van der Waals surface area contributed by atoms with Crippen molar-refractivity contribution in [3.8, 4) is 0 Å². The van der Waals surface area contributed by atoms with Crippen molar-refractivity contribution in [3.05, 3.63) is 106 Å². The van der Waals surface area contributed by atoms with Crippen molar-refractivity contribution in [2.24, 2.45) is 0 Å². The second-order valence-electron chi connectivity index (χ2n) is 6.90. The van der Waals surface area contributed by atoms with E-state index in [2.05, 4.69) is 10.6 Å². The molecule has 3 aromatic rings. The number of carboxylic acids is 1. The van der Waals surface area contributed by atoms with Gasteiger partial charge in [-0.1, -0.05) is 42.5 Å². The Bertz CT molecular complexity index is 1190. The van der Waals surface area contributed by atoms with Crippen LogP contribution in [0.2, 0.25) is 0 Å². The number of nitro groups is 1. The summed E-state index contributed by atoms with van der Waals surface area (Å²) in [5.74, 6) is -2.97. The summed E-state index contributed by atoms with van der Waals surface area (Å²) < 4.78 is 5.02. The summed E-state index contributed by atoms with van der Waals surface area (Å²) in [7, 11) is 0. The molecule has 1 aromatic heterocycles. The first-order valence-electron chi connectivity index (χ1n) is 9.72. The molecule has 10 heteroatoms. The molecule has 0 aliphatic rings. The summed E-state index contributed by atoms with van der Waals surface area (Å²) in [5, 5.41) is 25.4. The fraction of sp³-hybridized carbons (Fsp3) is 0.0870. The van der Waals surface area contributed by atoms with Crippen molar-refractivity contribution in [3.63, 3.8) is 0 Å². The number of nitrogens with zero attached hydrogens (tertiary/aromatic N) is 1. The summed E-state index contributed by atoms with van der Waals surface area (Å²) >= 11 is 0. The van der Waals surface area contributed by atoms with Crippen LogP contribution in [0.1, 0.15) is 21.7 Å². The molecule has 0 aliphatic heterocycles. The van der Waals surface area contributed by atoms with E-state index >= 15 is 0 Å². The highest BCUT2D eigenvalue weighted by atomic mass is 16.6. The molecule has 3 rings (SSSR count). The van der Waals surface area contributed by atoms with E-state index < -0.39 is 28.7 Å². The number of nitrogens with one attached hydrogen (secondary N) is 2. The van der Waals surface area contributed by atoms with Crippen molar-refractivity contribution < 1.29 is 28.8 Å². The van der Waals surface area contributed by atoms with Gasteiger partial charge in [-0.05, 0) is 29.3 Å². The van der Waals surface area contributed by atoms with E-state index in [1.807, 2.05) is 0 Å². The van der Waals surface area contributed by atoms with Gasteiger partial charge in [-0.15, -0.1) is 0 Å². The van der Waals surface area contributed by atoms with Gasteiger partial charge in [0.25, 0.3) is 17.5 Å². The van der Waals surface area contributed by atoms with Gasteiger partial charge in [0.05, 0.1) is 11.2 Å². The average Bonchev–Trinajstić information content (AvgIpc) is 3.34. The molecule has 33 heavy (non-hydrogen) atoms. The van der Waals surface area contributed by atoms with Gasteiger partial charge < -0.3 is 20.2 Å². The van der Waals surface area contributed by atoms with E-state index in [4.69, 9.17) is 4.42 Å². The number of nitro benzene ring substituents is 1. The Morgan fingerprint density at radius 1 is 1.06 bits per heavy atom. The first-order chi connectivity index (χ1) is 15.8. The maximum atomic E-state index is 13.0. The third-order valence-electron chi connectivity index (χ3n) is 4.52. The lowest BCUT2D eigenvalue weighted by atomic mass is 10.1. The second-order valence-corrected chi connectivity index (χ2v) is 6.90. The number of hydrogen-bond acceptors (Lipinski definition) is 6. The van der Waals surface area contributed by atoms with Gasteiger partial charge in [0, 0.05) is 18.6 Å². The van der Waals surface area contributed by atoms with E-state index in [9.17, 15) is 29.6 Å². The zero-order valence-corrected chi connectivity index (χ0v) is 17.1. The lowest BCUT2D eigenvalue weighted by molar-refractivity contribution is -0.384. The SMILES string of the molecule is O=C(N[C@@H](Cc1ccccc1)C(=O)O)/C(=C/c1cccc([N+](=O)[O-])c1)NC(=O)c1ccco1. The topological polar surface area (TPSA) is 152 Å². The highest BCUT2D eigenvalue weighted by Gasteiger charge is 2.24. The van der Waals surface area contributed by atoms with Crippen molar-refractivity contribution in [2.75, 3.05) is 0 Å². The van der Waals surface area contributed by atoms with Crippen LogP contribution < -0.4 is 10.6 Å². The molecule has 0 saturated carbocycles. The van der Waals surface area contributed by atoms with Crippen LogP contribution in [0.25, 0.3) is 6.08 Å². The van der Waals surface area contributed by atoms with Gasteiger partial charge in [0.1, 0.15) is 11.7 Å². The molecular formula is C23H19N3O7. The molecule has 0 bridgehead atoms. The summed E-state index contributed by atoms with van der Waals surface area (Å²) in [6.45, 7) is 0. The van der Waals surface area contributed by atoms with Crippen molar-refractivity contribution >= 4 is 29.5 Å². The average molecular weight is 449 g/mol. The summed E-state index contributed by atoms with van der Waals surface area (Å²) in [6, 6.07) is 15.7. The van der Waals surface area contributed by atoms with E-state index in [-0.39, 0.29) is 29.1 Å². The Morgan fingerprint density at radius 2 is 1.82 bits per heavy atom. The van der Waals surface area contributed by atoms with Crippen molar-refractivity contribution in [2.45, 2.75) is 12.5 Å². The van der Waals surface area contributed by atoms with E-state index in [1.165, 1.54) is 48.7 Å². The van der Waals surface area contributed by atoms with E-state index in [0.29, 0.717) is 5.56 Å². The number of amides is 2. The lowest BCUT2D eigenvalue weighted by Crippen LogP contribution is -2.45. The first kappa shape index (κ1) is 22.9. The minimum absolute atomic E-state index is 0.0120. The molecule has 168 valence electrons. The highest BCUT2D eigenvalue weighted by molar-refractivity contribution is 6.05. The number of aliphatic carboxylic acids is 1. The number of furan rings is 1. The zero-order chi connectivity index (χ0) is 23.8. The number of benzene rings is 2. The van der Waals surface area contributed by atoms with Crippen LogP contribution >= 0.6 is 0 Å². The third-order valence-corrected chi connectivity index (χ3v) is 4.52. The molecule has 3 N–H and O–H groups in total. The molecule has 0 radical (unpaired) electrons. The number of carbonyl (C=O) groups is 3. The van der Waals surface area contributed by atoms with Gasteiger partial charge in [-0.3, -0.25) is 19.7 Å². The molecule has 1 heterocycles. The van der Waals surface area contributed by atoms with Gasteiger partial charge >= 0.3 is 5.97 Å². The van der Waals surface area contributed by atoms with Gasteiger partial charge in [0.2, 0.25) is 0 Å². The summed E-state index contributed by atoms with van der Waals surface area (Å²) in [6.07, 6.45) is 2.50. The van der Waals surface area contributed by atoms with Crippen LogP contribution in [0, 0.1) is 10.1 Å². The molecule has 0 aliphatic carbocycles. The van der Waals surface area contributed by atoms with Crippen molar-refractivity contribution in [1.29, 1.82) is 0 Å². The molecular weight excluding hydrogens is 430 g/mol. The molecule has 0 unspecified atom stereocenters. The lowest BCUT2D eigenvalue weighted by Gasteiger charge is -2.16. The largest absolute Gasteiger partial charge is 0.480 e. The number of carbonyl (C=O) groups excluding carboxylic acids is 2. The quantitative estimate of drug-likeness (QED) is 0.258. The Kier molecular flexibility index (Phi) is 7.32. The number of carboxylic acid groups (broad SMARTS) is 1. The standard InChI is InChI=1S/C23H19N3O7/c27-21(25-19(23(29)30)13-15-6-2-1-3-7-15)18(24-22(28)20-10-5-11-33-20)14-16-8-4-9-17(12-16)26(31)32/h1-12,14,19H,13H2,(H,24,28)(H,25,27)(H,29,30)/b18-14-/t19-/m0/s1. The highest BCUT2D eigenvalue weighted by Crippen LogP contribution is 2.16. The number of rotatable bonds is 9. The van der Waals surface area contributed by atoms with Crippen LogP contribution in [0.5, 0.6) is 0 Å². The molecule has 2 amide bonds. The molecule has 10 nitrogen and oxygen atoms in total. The molecule has 0 spiro atoms. The Balaban J connectivity index is 1.89. The van der Waals surface area contributed by atoms with Gasteiger partial charge in [-0.2, -0.15) is 0 Å². The van der Waals surface area contributed by atoms with Crippen molar-refractivity contribution in [1.82, 2.24) is 10.6 Å². The first-order valence-corrected chi connectivity index (χ1v) is 9.72. The minimum Gasteiger partial charge on any atom is -0.480 e. The fourth-order valence-electron chi connectivity index (χ4n) is 2.93. The normalized spacial score (nSPS) is 11.9. The van der Waals surface area contributed by atoms with Crippen LogP contribution in [0.4, 0.5) is 5.69 Å². The Labute approximate surface area is 187 Å². The summed E-state index contributed by atoms with van der Waals surface area (Å²) in [5.41, 5.74) is 0.419. The molecule has 1 atom stereocenters. The minimum atomic E-state index is -1.28.